The fraction of sp³-hybridized carbons (Fsp3) is 0.333. The molecule has 0 aromatic carbocycles. The Bertz CT molecular complexity index is 254. The molecule has 60 valence electrons. The molecule has 0 amide bonds. The van der Waals surface area contributed by atoms with Crippen molar-refractivity contribution in [1.29, 1.82) is 0 Å². The first-order valence-electron chi connectivity index (χ1n) is 3.19. The largest absolute Gasteiger partial charge is 0.593 e. The number of nitrogens with zero attached hydrogens (tertiary/aromatic N) is 2. The molecule has 11 heavy (non-hydrogen) atoms. The highest BCUT2D eigenvalue weighted by atomic mass is 35.5. The van der Waals surface area contributed by atoms with Gasteiger partial charge in [0.25, 0.3) is 0 Å². The Labute approximate surface area is 69.2 Å². The number of aromatic nitrogens is 2. The molecule has 5 heteroatoms. The molecule has 0 aliphatic carbocycles. The maximum atomic E-state index is 10.7. The molecule has 0 radical (unpaired) electrons. The second-order valence-electron chi connectivity index (χ2n) is 2.06. The lowest BCUT2D eigenvalue weighted by atomic mass is 10.3. The van der Waals surface area contributed by atoms with Gasteiger partial charge in [-0.15, -0.1) is 0 Å². The third kappa shape index (κ3) is 2.03. The minimum absolute atomic E-state index is 0.0748. The molecule has 0 spiro atoms. The van der Waals surface area contributed by atoms with Crippen LogP contribution in [0.2, 0.25) is 5.15 Å². The average Bonchev–Trinajstić information content (AvgIpc) is 1.98. The second-order valence-corrected chi connectivity index (χ2v) is 2.45. The minimum atomic E-state index is 0.0748. The molecule has 1 heterocycles. The van der Waals surface area contributed by atoms with E-state index in [9.17, 15) is 5.21 Å². The maximum Gasteiger partial charge on any atom is 0.313 e. The Morgan fingerprint density at radius 1 is 1.64 bits per heavy atom. The quantitative estimate of drug-likeness (QED) is 0.501. The fourth-order valence-corrected chi connectivity index (χ4v) is 0.808. The maximum absolute atomic E-state index is 10.7. The van der Waals surface area contributed by atoms with Gasteiger partial charge in [0.2, 0.25) is 0 Å². The third-order valence-electron chi connectivity index (χ3n) is 1.22. The second kappa shape index (κ2) is 3.50. The summed E-state index contributed by atoms with van der Waals surface area (Å²) in [5, 5.41) is 14.4. The third-order valence-corrected chi connectivity index (χ3v) is 1.49. The summed E-state index contributed by atoms with van der Waals surface area (Å²) in [6.07, 6.45) is 0.597. The highest BCUT2D eigenvalue weighted by Gasteiger charge is 2.03. The van der Waals surface area contributed by atoms with Crippen LogP contribution >= 0.6 is 11.6 Å². The van der Waals surface area contributed by atoms with Crippen molar-refractivity contribution < 1.29 is 4.85 Å². The van der Waals surface area contributed by atoms with Crippen molar-refractivity contribution in [2.75, 3.05) is 6.54 Å². The molecule has 2 N–H and O–H groups in total. The molecule has 0 aliphatic heterocycles. The van der Waals surface area contributed by atoms with E-state index in [2.05, 4.69) is 5.10 Å². The van der Waals surface area contributed by atoms with Gasteiger partial charge in [0.15, 0.2) is 0 Å². The normalized spacial score (nSPS) is 10.0. The van der Waals surface area contributed by atoms with E-state index in [1.54, 1.807) is 6.07 Å². The first-order valence-corrected chi connectivity index (χ1v) is 3.57. The van der Waals surface area contributed by atoms with Crippen LogP contribution in [0.4, 0.5) is 0 Å². The van der Waals surface area contributed by atoms with Crippen LogP contribution in [0.25, 0.3) is 0 Å². The SMILES string of the molecule is NCCc1ccc(Cl)[n+]([O-])n1. The van der Waals surface area contributed by atoms with E-state index in [1.807, 2.05) is 0 Å². The molecule has 0 fully saturated rings. The minimum Gasteiger partial charge on any atom is -0.593 e. The van der Waals surface area contributed by atoms with Crippen molar-refractivity contribution in [2.45, 2.75) is 6.42 Å². The van der Waals surface area contributed by atoms with Gasteiger partial charge in [-0.05, 0) is 29.1 Å². The van der Waals surface area contributed by atoms with Crippen molar-refractivity contribution in [1.82, 2.24) is 5.10 Å². The van der Waals surface area contributed by atoms with Gasteiger partial charge in [-0.3, -0.25) is 0 Å². The van der Waals surface area contributed by atoms with Gasteiger partial charge >= 0.3 is 5.15 Å². The summed E-state index contributed by atoms with van der Waals surface area (Å²) in [6.45, 7) is 0.481. The van der Waals surface area contributed by atoms with E-state index in [0.29, 0.717) is 23.5 Å². The molecular formula is C6H8ClN3O. The summed E-state index contributed by atoms with van der Waals surface area (Å²) in [7, 11) is 0. The lowest BCUT2D eigenvalue weighted by molar-refractivity contribution is -0.667. The van der Waals surface area contributed by atoms with Crippen LogP contribution in [-0.2, 0) is 6.42 Å². The van der Waals surface area contributed by atoms with E-state index >= 15 is 0 Å². The predicted molar refractivity (Wildman–Crippen MR) is 41.0 cm³/mol. The Morgan fingerprint density at radius 2 is 2.36 bits per heavy atom. The molecule has 0 aliphatic rings. The van der Waals surface area contributed by atoms with Crippen LogP contribution in [-0.4, -0.2) is 11.6 Å². The monoisotopic (exact) mass is 173 g/mol. The van der Waals surface area contributed by atoms with Gasteiger partial charge in [-0.25, -0.2) is 0 Å². The zero-order valence-corrected chi connectivity index (χ0v) is 6.58. The Kier molecular flexibility index (Phi) is 2.62. The van der Waals surface area contributed by atoms with Crippen LogP contribution < -0.4 is 10.6 Å². The molecule has 0 unspecified atom stereocenters. The lowest BCUT2D eigenvalue weighted by Crippen LogP contribution is -2.33. The van der Waals surface area contributed by atoms with Crippen molar-refractivity contribution in [3.05, 3.63) is 28.2 Å². The summed E-state index contributed by atoms with van der Waals surface area (Å²) in [4.78, 5) is 0.381. The first-order chi connectivity index (χ1) is 5.24. The molecular weight excluding hydrogens is 166 g/mol. The summed E-state index contributed by atoms with van der Waals surface area (Å²) >= 11 is 5.44. The molecule has 1 aromatic rings. The Hall–Kier alpha value is -0.870. The van der Waals surface area contributed by atoms with E-state index in [1.165, 1.54) is 6.07 Å². The van der Waals surface area contributed by atoms with Crippen molar-refractivity contribution in [3.63, 3.8) is 0 Å². The van der Waals surface area contributed by atoms with Gasteiger partial charge in [-0.1, -0.05) is 0 Å². The highest BCUT2D eigenvalue weighted by molar-refractivity contribution is 6.28. The van der Waals surface area contributed by atoms with Crippen molar-refractivity contribution in [2.24, 2.45) is 5.73 Å². The van der Waals surface area contributed by atoms with Gasteiger partial charge in [0.1, 0.15) is 5.69 Å². The molecule has 0 saturated heterocycles. The number of nitrogens with two attached hydrogens (primary N) is 1. The molecule has 0 bridgehead atoms. The zero-order valence-electron chi connectivity index (χ0n) is 5.83. The average molecular weight is 174 g/mol. The van der Waals surface area contributed by atoms with Crippen LogP contribution in [0.3, 0.4) is 0 Å². The van der Waals surface area contributed by atoms with Crippen molar-refractivity contribution >= 4 is 11.6 Å². The molecule has 0 atom stereocenters. The Morgan fingerprint density at radius 3 is 2.91 bits per heavy atom. The van der Waals surface area contributed by atoms with E-state index in [0.717, 1.165) is 0 Å². The van der Waals surface area contributed by atoms with Crippen molar-refractivity contribution in [3.8, 4) is 0 Å². The number of hydrogen-bond acceptors (Lipinski definition) is 3. The summed E-state index contributed by atoms with van der Waals surface area (Å²) in [5.41, 5.74) is 5.92. The summed E-state index contributed by atoms with van der Waals surface area (Å²) in [5.74, 6) is 0. The van der Waals surface area contributed by atoms with Crippen LogP contribution in [0.1, 0.15) is 5.69 Å². The van der Waals surface area contributed by atoms with Crippen LogP contribution in [0.5, 0.6) is 0 Å². The van der Waals surface area contributed by atoms with Gasteiger partial charge < -0.3 is 10.9 Å². The topological polar surface area (TPSA) is 65.8 Å². The molecule has 1 aromatic heterocycles. The molecule has 0 saturated carbocycles. The smallest absolute Gasteiger partial charge is 0.313 e. The van der Waals surface area contributed by atoms with E-state index < -0.39 is 0 Å². The molecule has 1 rings (SSSR count). The zero-order chi connectivity index (χ0) is 8.27. The fourth-order valence-electron chi connectivity index (χ4n) is 0.708. The van der Waals surface area contributed by atoms with Gasteiger partial charge in [-0.2, -0.15) is 0 Å². The standard InChI is InChI=1S/C6H8ClN3O/c7-6-2-1-5(3-4-8)9-10(6)11/h1-2H,3-4,8H2. The molecule has 4 nitrogen and oxygen atoms in total. The predicted octanol–water partition coefficient (Wildman–Crippen LogP) is -0.130. The number of hydrogen-bond donors (Lipinski definition) is 1. The van der Waals surface area contributed by atoms with Gasteiger partial charge in [0.05, 0.1) is 0 Å². The van der Waals surface area contributed by atoms with E-state index in [-0.39, 0.29) is 5.15 Å². The highest BCUT2D eigenvalue weighted by Crippen LogP contribution is 1.99. The van der Waals surface area contributed by atoms with Crippen LogP contribution in [0.15, 0.2) is 12.1 Å². The number of halogens is 1. The summed E-state index contributed by atoms with van der Waals surface area (Å²) < 4.78 is 0. The summed E-state index contributed by atoms with van der Waals surface area (Å²) in [6, 6.07) is 3.19. The number of rotatable bonds is 2. The lowest BCUT2D eigenvalue weighted by Gasteiger charge is -1.97. The van der Waals surface area contributed by atoms with E-state index in [4.69, 9.17) is 17.3 Å². The first kappa shape index (κ1) is 8.23. The van der Waals surface area contributed by atoms with Gasteiger partial charge in [0, 0.05) is 17.6 Å². The van der Waals surface area contributed by atoms with Crippen LogP contribution in [0, 0.1) is 5.21 Å². The Balaban J connectivity index is 2.86.